The number of benzene rings is 1. The Bertz CT molecular complexity index is 939. The van der Waals surface area contributed by atoms with Gasteiger partial charge in [0.05, 0.1) is 5.01 Å². The predicted molar refractivity (Wildman–Crippen MR) is 110 cm³/mol. The summed E-state index contributed by atoms with van der Waals surface area (Å²) in [6, 6.07) is 5.18. The maximum Gasteiger partial charge on any atom is 0.573 e. The topological polar surface area (TPSA) is 54.5 Å². The maximum absolute atomic E-state index is 13.4. The average molecular weight is 495 g/mol. The quantitative estimate of drug-likeness (QED) is 0.520. The predicted octanol–water partition coefficient (Wildman–Crippen LogP) is 5.06. The number of carbonyl (C=O) groups is 1. The van der Waals surface area contributed by atoms with Gasteiger partial charge >= 0.3 is 12.5 Å². The molecule has 1 aliphatic heterocycles. The highest BCUT2D eigenvalue weighted by Crippen LogP contribution is 2.34. The number of halogens is 6. The third kappa shape index (κ3) is 7.88. The van der Waals surface area contributed by atoms with Crippen LogP contribution in [-0.4, -0.2) is 48.3 Å². The maximum atomic E-state index is 13.4. The van der Waals surface area contributed by atoms with E-state index >= 15 is 0 Å². The van der Waals surface area contributed by atoms with Crippen LogP contribution in [0.5, 0.6) is 5.75 Å². The average Bonchev–Trinajstić information content (AvgIpc) is 3.17. The number of rotatable bonds is 8. The Balaban J connectivity index is 1.60. The number of aromatic nitrogens is 1. The summed E-state index contributed by atoms with van der Waals surface area (Å²) in [5.41, 5.74) is -0.779. The Morgan fingerprint density at radius 1 is 1.09 bits per heavy atom. The number of nitrogens with one attached hydrogen (secondary N) is 1. The van der Waals surface area contributed by atoms with Gasteiger partial charge < -0.3 is 15.0 Å². The molecule has 0 bridgehead atoms. The highest BCUT2D eigenvalue weighted by molar-refractivity contribution is 7.13. The Kier molecular flexibility index (Phi) is 8.22. The molecule has 1 aromatic carbocycles. The Morgan fingerprint density at radius 2 is 1.82 bits per heavy atom. The molecule has 2 heterocycles. The fourth-order valence-corrected chi connectivity index (χ4v) is 4.54. The summed E-state index contributed by atoms with van der Waals surface area (Å²) in [5.74, 6) is -1.32. The van der Waals surface area contributed by atoms with Crippen LogP contribution in [0.1, 0.15) is 45.2 Å². The van der Waals surface area contributed by atoms with Crippen LogP contribution >= 0.6 is 11.3 Å². The first-order valence-electron chi connectivity index (χ1n) is 10.4. The lowest BCUT2D eigenvalue weighted by molar-refractivity contribution is -0.274. The van der Waals surface area contributed by atoms with E-state index in [0.717, 1.165) is 55.8 Å². The summed E-state index contributed by atoms with van der Waals surface area (Å²) in [7, 11) is 0. The van der Waals surface area contributed by atoms with Crippen LogP contribution < -0.4 is 10.1 Å². The molecule has 0 radical (unpaired) electrons. The van der Waals surface area contributed by atoms with E-state index in [1.165, 1.54) is 12.1 Å². The number of amides is 1. The fourth-order valence-electron chi connectivity index (χ4n) is 3.55. The standard InChI is InChI=1S/C21H23F6N3O2S/c22-20(23,24)18-17(33-16(29-18)8-12-30-10-2-1-3-11-30)19(31)28-9-7-14-5-4-6-15(13-14)32-21(25,26)27/h4-6,13H,1-3,7-12H2,(H,28,31). The zero-order valence-corrected chi connectivity index (χ0v) is 18.4. The molecule has 2 aromatic rings. The molecule has 1 N–H and O–H groups in total. The zero-order chi connectivity index (χ0) is 24.1. The SMILES string of the molecule is O=C(NCCc1cccc(OC(F)(F)F)c1)c1sc(CCN2CCCCC2)nc1C(F)(F)F. The van der Waals surface area contributed by atoms with E-state index in [4.69, 9.17) is 0 Å². The van der Waals surface area contributed by atoms with E-state index in [1.807, 2.05) is 0 Å². The molecule has 0 aliphatic carbocycles. The Hall–Kier alpha value is -2.34. The molecule has 1 fully saturated rings. The van der Waals surface area contributed by atoms with Crippen molar-refractivity contribution in [2.45, 2.75) is 44.6 Å². The van der Waals surface area contributed by atoms with Crippen molar-refractivity contribution in [1.82, 2.24) is 15.2 Å². The summed E-state index contributed by atoms with van der Waals surface area (Å²) >= 11 is 0.723. The molecular weight excluding hydrogens is 472 g/mol. The van der Waals surface area contributed by atoms with Crippen LogP contribution in [0.4, 0.5) is 26.3 Å². The lowest BCUT2D eigenvalue weighted by Crippen LogP contribution is -2.31. The van der Waals surface area contributed by atoms with Crippen molar-refractivity contribution in [3.63, 3.8) is 0 Å². The van der Waals surface area contributed by atoms with Gasteiger partial charge in [-0.15, -0.1) is 24.5 Å². The van der Waals surface area contributed by atoms with Crippen molar-refractivity contribution in [1.29, 1.82) is 0 Å². The van der Waals surface area contributed by atoms with E-state index < -0.39 is 34.8 Å². The fraction of sp³-hybridized carbons (Fsp3) is 0.524. The second-order valence-electron chi connectivity index (χ2n) is 7.64. The first-order chi connectivity index (χ1) is 15.5. The van der Waals surface area contributed by atoms with Crippen LogP contribution in [0.3, 0.4) is 0 Å². The van der Waals surface area contributed by atoms with Gasteiger partial charge in [-0.2, -0.15) is 13.2 Å². The van der Waals surface area contributed by atoms with E-state index in [0.29, 0.717) is 18.5 Å². The number of carbonyl (C=O) groups excluding carboxylic acids is 1. The number of alkyl halides is 6. The molecule has 0 unspecified atom stereocenters. The molecule has 1 aromatic heterocycles. The van der Waals surface area contributed by atoms with Gasteiger partial charge in [-0.25, -0.2) is 4.98 Å². The molecule has 1 aliphatic rings. The summed E-state index contributed by atoms with van der Waals surface area (Å²) in [4.78, 5) is 17.8. The van der Waals surface area contributed by atoms with Gasteiger partial charge in [0, 0.05) is 19.5 Å². The molecule has 182 valence electrons. The van der Waals surface area contributed by atoms with Crippen LogP contribution in [0, 0.1) is 0 Å². The molecule has 5 nitrogen and oxygen atoms in total. The van der Waals surface area contributed by atoms with Crippen LogP contribution in [0.2, 0.25) is 0 Å². The van der Waals surface area contributed by atoms with E-state index in [1.54, 1.807) is 0 Å². The number of hydrogen-bond donors (Lipinski definition) is 1. The van der Waals surface area contributed by atoms with E-state index in [-0.39, 0.29) is 18.0 Å². The minimum Gasteiger partial charge on any atom is -0.406 e. The Morgan fingerprint density at radius 3 is 2.48 bits per heavy atom. The number of piperidine rings is 1. The number of thiazole rings is 1. The zero-order valence-electron chi connectivity index (χ0n) is 17.6. The van der Waals surface area contributed by atoms with Crippen LogP contribution in [0.25, 0.3) is 0 Å². The summed E-state index contributed by atoms with van der Waals surface area (Å²) < 4.78 is 81.1. The van der Waals surface area contributed by atoms with Gasteiger partial charge in [-0.3, -0.25) is 4.79 Å². The van der Waals surface area contributed by atoms with Gasteiger partial charge in [0.2, 0.25) is 0 Å². The molecular formula is C21H23F6N3O2S. The molecule has 0 spiro atoms. The first kappa shape index (κ1) is 25.3. The lowest BCUT2D eigenvalue weighted by Gasteiger charge is -2.25. The van der Waals surface area contributed by atoms with Gasteiger partial charge in [0.1, 0.15) is 10.6 Å². The highest BCUT2D eigenvalue weighted by Gasteiger charge is 2.39. The molecule has 3 rings (SSSR count). The highest BCUT2D eigenvalue weighted by atomic mass is 32.1. The van der Waals surface area contributed by atoms with Crippen LogP contribution in [0.15, 0.2) is 24.3 Å². The van der Waals surface area contributed by atoms with Crippen molar-refractivity contribution < 1.29 is 35.9 Å². The summed E-state index contributed by atoms with van der Waals surface area (Å²) in [6.45, 7) is 2.33. The normalized spacial score (nSPS) is 15.5. The van der Waals surface area contributed by atoms with Gasteiger partial charge in [0.25, 0.3) is 5.91 Å². The van der Waals surface area contributed by atoms with Crippen LogP contribution in [-0.2, 0) is 19.0 Å². The van der Waals surface area contributed by atoms with Crippen molar-refractivity contribution in [2.75, 3.05) is 26.2 Å². The Labute approximate surface area is 190 Å². The van der Waals surface area contributed by atoms with Crippen molar-refractivity contribution in [3.05, 3.63) is 45.4 Å². The smallest absolute Gasteiger partial charge is 0.406 e. The molecule has 0 saturated carbocycles. The molecule has 1 saturated heterocycles. The number of ether oxygens (including phenoxy) is 1. The largest absolute Gasteiger partial charge is 0.573 e. The lowest BCUT2D eigenvalue weighted by atomic mass is 10.1. The summed E-state index contributed by atoms with van der Waals surface area (Å²) in [5, 5.41) is 2.65. The third-order valence-corrected chi connectivity index (χ3v) is 6.18. The van der Waals surface area contributed by atoms with Crippen molar-refractivity contribution in [3.8, 4) is 5.75 Å². The number of likely N-dealkylation sites (tertiary alicyclic amines) is 1. The summed E-state index contributed by atoms with van der Waals surface area (Å²) in [6.07, 6.45) is -5.89. The van der Waals surface area contributed by atoms with Gasteiger partial charge in [0.15, 0.2) is 5.69 Å². The second-order valence-corrected chi connectivity index (χ2v) is 8.72. The molecule has 0 atom stereocenters. The number of hydrogen-bond acceptors (Lipinski definition) is 5. The van der Waals surface area contributed by atoms with E-state index in [2.05, 4.69) is 19.9 Å². The second kappa shape index (κ2) is 10.7. The number of nitrogens with zero attached hydrogens (tertiary/aromatic N) is 2. The van der Waals surface area contributed by atoms with Crippen molar-refractivity contribution in [2.24, 2.45) is 0 Å². The minimum absolute atomic E-state index is 0.0629. The minimum atomic E-state index is -4.83. The molecule has 1 amide bonds. The van der Waals surface area contributed by atoms with Crippen molar-refractivity contribution >= 4 is 17.2 Å². The third-order valence-electron chi connectivity index (χ3n) is 5.07. The molecule has 12 heteroatoms. The van der Waals surface area contributed by atoms with E-state index in [9.17, 15) is 31.1 Å². The molecule has 33 heavy (non-hydrogen) atoms. The first-order valence-corrected chi connectivity index (χ1v) is 11.2. The monoisotopic (exact) mass is 495 g/mol. The van der Waals surface area contributed by atoms with Gasteiger partial charge in [-0.05, 0) is 50.0 Å². The van der Waals surface area contributed by atoms with Gasteiger partial charge in [-0.1, -0.05) is 18.6 Å².